The molecule has 0 radical (unpaired) electrons. The quantitative estimate of drug-likeness (QED) is 0.485. The van der Waals surface area contributed by atoms with Gasteiger partial charge in [0.05, 0.1) is 19.3 Å². The molecule has 7 heteroatoms. The van der Waals surface area contributed by atoms with E-state index in [1.165, 1.54) is 11.1 Å². The average Bonchev–Trinajstić information content (AvgIpc) is 3.06. The Morgan fingerprint density at radius 3 is 2.33 bits per heavy atom. The van der Waals surface area contributed by atoms with Crippen molar-refractivity contribution in [2.45, 2.75) is 25.9 Å². The Balaban J connectivity index is 1.47. The van der Waals surface area contributed by atoms with E-state index in [0.717, 1.165) is 11.1 Å². The molecule has 1 heterocycles. The lowest BCUT2D eigenvalue weighted by atomic mass is 9.98. The SMILES string of the molecule is CCOc1cc[nH+]c([C@@H](C)OP([O-])(=S)OCC2c3ccccc3-c3ccccc32)c1. The van der Waals surface area contributed by atoms with E-state index in [9.17, 15) is 4.89 Å². The lowest BCUT2D eigenvalue weighted by Crippen LogP contribution is -2.19. The maximum absolute atomic E-state index is 12.9. The van der Waals surface area contributed by atoms with Gasteiger partial charge in [0.1, 0.15) is 18.6 Å². The van der Waals surface area contributed by atoms with Crippen LogP contribution in [0.3, 0.4) is 0 Å². The molecule has 1 unspecified atom stereocenters. The third kappa shape index (κ3) is 4.48. The van der Waals surface area contributed by atoms with E-state index in [0.29, 0.717) is 18.1 Å². The maximum atomic E-state index is 12.9. The van der Waals surface area contributed by atoms with Gasteiger partial charge in [-0.05, 0) is 36.1 Å². The van der Waals surface area contributed by atoms with Gasteiger partial charge >= 0.3 is 0 Å². The Morgan fingerprint density at radius 2 is 1.70 bits per heavy atom. The molecule has 0 spiro atoms. The molecule has 0 fully saturated rings. The van der Waals surface area contributed by atoms with E-state index >= 15 is 0 Å². The molecule has 3 aromatic rings. The van der Waals surface area contributed by atoms with E-state index in [4.69, 9.17) is 25.6 Å². The van der Waals surface area contributed by atoms with Crippen LogP contribution in [0.25, 0.3) is 11.1 Å². The smallest absolute Gasteiger partial charge is 0.212 e. The van der Waals surface area contributed by atoms with E-state index in [-0.39, 0.29) is 12.5 Å². The zero-order valence-electron chi connectivity index (χ0n) is 16.9. The Hall–Kier alpha value is -2.08. The first-order valence-corrected chi connectivity index (χ1v) is 12.5. The minimum absolute atomic E-state index is 0.0274. The van der Waals surface area contributed by atoms with Gasteiger partial charge in [-0.15, -0.1) is 0 Å². The lowest BCUT2D eigenvalue weighted by Gasteiger charge is -2.30. The van der Waals surface area contributed by atoms with E-state index in [1.807, 2.05) is 43.3 Å². The van der Waals surface area contributed by atoms with Gasteiger partial charge in [0.25, 0.3) is 0 Å². The number of rotatable bonds is 8. The first-order valence-electron chi connectivity index (χ1n) is 9.95. The zero-order valence-corrected chi connectivity index (χ0v) is 18.6. The number of aromatic amines is 1. The van der Waals surface area contributed by atoms with Gasteiger partial charge in [0, 0.05) is 12.0 Å². The summed E-state index contributed by atoms with van der Waals surface area (Å²) in [5.74, 6) is 0.682. The van der Waals surface area contributed by atoms with Gasteiger partial charge < -0.3 is 18.7 Å². The van der Waals surface area contributed by atoms with Crippen molar-refractivity contribution in [3.05, 3.63) is 83.7 Å². The molecule has 0 bridgehead atoms. The summed E-state index contributed by atoms with van der Waals surface area (Å²) < 4.78 is 16.9. The summed E-state index contributed by atoms with van der Waals surface area (Å²) in [5.41, 5.74) is 5.38. The second-order valence-corrected chi connectivity index (χ2v) is 9.84. The van der Waals surface area contributed by atoms with Gasteiger partial charge in [0.2, 0.25) is 5.69 Å². The summed E-state index contributed by atoms with van der Waals surface area (Å²) >= 11 is 5.20. The Labute approximate surface area is 181 Å². The van der Waals surface area contributed by atoms with Crippen molar-refractivity contribution in [1.29, 1.82) is 0 Å². The van der Waals surface area contributed by atoms with Crippen molar-refractivity contribution in [2.24, 2.45) is 0 Å². The molecule has 1 aliphatic carbocycles. The van der Waals surface area contributed by atoms with Crippen LogP contribution in [0.5, 0.6) is 5.75 Å². The first kappa shape index (κ1) is 21.2. The predicted molar refractivity (Wildman–Crippen MR) is 118 cm³/mol. The Morgan fingerprint density at radius 1 is 1.07 bits per heavy atom. The number of H-pyrrole nitrogens is 1. The monoisotopic (exact) mass is 441 g/mol. The largest absolute Gasteiger partial charge is 0.780 e. The molecule has 0 aliphatic heterocycles. The maximum Gasteiger partial charge on any atom is 0.212 e. The molecule has 30 heavy (non-hydrogen) atoms. The van der Waals surface area contributed by atoms with E-state index in [1.54, 1.807) is 13.1 Å². The molecule has 5 nitrogen and oxygen atoms in total. The number of nitrogens with one attached hydrogen (secondary N) is 1. The number of aromatic nitrogens is 1. The van der Waals surface area contributed by atoms with Crippen LogP contribution in [0.2, 0.25) is 0 Å². The predicted octanol–water partition coefficient (Wildman–Crippen LogP) is 4.39. The number of benzene rings is 2. The zero-order chi connectivity index (χ0) is 21.1. The summed E-state index contributed by atoms with van der Waals surface area (Å²) in [6.07, 6.45) is 1.22. The molecular weight excluding hydrogens is 417 g/mol. The standard InChI is InChI=1S/C23H24NO4PS/c1-3-26-17-12-13-24-23(14-17)16(2)28-29(25,30)27-15-22-20-10-6-4-8-18(20)19-9-5-7-11-21(19)22/h4-14,16,22H,3,15H2,1-2H3,(H,25,30)/t16-,29?/m1/s1. The molecule has 0 saturated carbocycles. The third-order valence-electron chi connectivity index (χ3n) is 5.19. The normalized spacial score (nSPS) is 15.8. The van der Waals surface area contributed by atoms with Gasteiger partial charge in [-0.2, -0.15) is 0 Å². The number of fused-ring (bicyclic) bond motifs is 3. The minimum Gasteiger partial charge on any atom is -0.780 e. The molecule has 4 rings (SSSR count). The van der Waals surface area contributed by atoms with Crippen molar-refractivity contribution in [1.82, 2.24) is 0 Å². The number of hydrogen-bond donors (Lipinski definition) is 0. The molecule has 2 aromatic carbocycles. The van der Waals surface area contributed by atoms with Crippen LogP contribution in [-0.4, -0.2) is 13.2 Å². The number of hydrogen-bond acceptors (Lipinski definition) is 5. The van der Waals surface area contributed by atoms with Crippen LogP contribution in [0, 0.1) is 0 Å². The fraction of sp³-hybridized carbons (Fsp3) is 0.261. The van der Waals surface area contributed by atoms with E-state index < -0.39 is 12.8 Å². The minimum atomic E-state index is -3.70. The van der Waals surface area contributed by atoms with Gasteiger partial charge in [0.15, 0.2) is 6.20 Å². The second kappa shape index (κ2) is 8.96. The molecule has 156 valence electrons. The van der Waals surface area contributed by atoms with Crippen LogP contribution < -0.4 is 14.6 Å². The molecule has 1 N–H and O–H groups in total. The lowest BCUT2D eigenvalue weighted by molar-refractivity contribution is -0.399. The van der Waals surface area contributed by atoms with Crippen LogP contribution in [0.1, 0.15) is 42.7 Å². The van der Waals surface area contributed by atoms with E-state index in [2.05, 4.69) is 29.2 Å². The summed E-state index contributed by atoms with van der Waals surface area (Å²) in [6, 6.07) is 20.0. The van der Waals surface area contributed by atoms with Crippen molar-refractivity contribution in [2.75, 3.05) is 13.2 Å². The Kier molecular flexibility index (Phi) is 6.32. The van der Waals surface area contributed by atoms with Gasteiger partial charge in [-0.25, -0.2) is 4.98 Å². The van der Waals surface area contributed by atoms with Crippen molar-refractivity contribution in [3.63, 3.8) is 0 Å². The summed E-state index contributed by atoms with van der Waals surface area (Å²) in [5, 5.41) is 0. The van der Waals surface area contributed by atoms with Gasteiger partial charge in [-0.1, -0.05) is 60.3 Å². The third-order valence-corrected chi connectivity index (χ3v) is 6.81. The highest BCUT2D eigenvalue weighted by Gasteiger charge is 2.29. The van der Waals surface area contributed by atoms with Crippen LogP contribution in [-0.2, 0) is 20.9 Å². The molecular formula is C23H24NO4PS. The van der Waals surface area contributed by atoms with Crippen LogP contribution in [0.4, 0.5) is 0 Å². The molecule has 0 saturated heterocycles. The average molecular weight is 441 g/mol. The first-order chi connectivity index (χ1) is 14.5. The van der Waals surface area contributed by atoms with Crippen molar-refractivity contribution >= 4 is 18.5 Å². The van der Waals surface area contributed by atoms with Crippen molar-refractivity contribution < 1.29 is 23.7 Å². The summed E-state index contributed by atoms with van der Waals surface area (Å²) in [7, 11) is 0. The molecule has 0 amide bonds. The second-order valence-electron chi connectivity index (χ2n) is 7.13. The van der Waals surface area contributed by atoms with Crippen molar-refractivity contribution in [3.8, 4) is 16.9 Å². The van der Waals surface area contributed by atoms with Crippen LogP contribution >= 0.6 is 6.72 Å². The summed E-state index contributed by atoms with van der Waals surface area (Å²) in [6.45, 7) is 0.761. The fourth-order valence-corrected chi connectivity index (χ4v) is 5.30. The molecule has 1 aliphatic rings. The highest BCUT2D eigenvalue weighted by atomic mass is 32.5. The van der Waals surface area contributed by atoms with Gasteiger partial charge in [-0.3, -0.25) is 0 Å². The van der Waals surface area contributed by atoms with Crippen LogP contribution in [0.15, 0.2) is 66.9 Å². The number of pyridine rings is 1. The Bertz CT molecular complexity index is 1040. The molecule has 2 atom stereocenters. The topological polar surface area (TPSA) is 64.9 Å². The fourth-order valence-electron chi connectivity index (χ4n) is 3.84. The summed E-state index contributed by atoms with van der Waals surface area (Å²) in [4.78, 5) is 16.0. The molecule has 1 aromatic heterocycles. The number of ether oxygens (including phenoxy) is 1. The highest BCUT2D eigenvalue weighted by molar-refractivity contribution is 8.06. The highest BCUT2D eigenvalue weighted by Crippen LogP contribution is 2.49.